The molecule has 4 amide bonds. The summed E-state index contributed by atoms with van der Waals surface area (Å²) >= 11 is 0. The number of fused-ring (bicyclic) bond motifs is 4. The molecule has 0 aliphatic carbocycles. The van der Waals surface area contributed by atoms with Crippen molar-refractivity contribution < 1.29 is 23.9 Å². The smallest absolute Gasteiger partial charge is 0.243 e. The second-order valence-corrected chi connectivity index (χ2v) is 13.1. The normalized spacial score (nSPS) is 18.4. The van der Waals surface area contributed by atoms with Crippen molar-refractivity contribution in [3.8, 4) is 5.75 Å². The highest BCUT2D eigenvalue weighted by Gasteiger charge is 2.29. The minimum Gasteiger partial charge on any atom is -0.492 e. The van der Waals surface area contributed by atoms with Gasteiger partial charge in [0.2, 0.25) is 23.6 Å². The van der Waals surface area contributed by atoms with Crippen LogP contribution >= 0.6 is 0 Å². The molecule has 0 radical (unpaired) electrons. The van der Waals surface area contributed by atoms with Gasteiger partial charge in [0.1, 0.15) is 24.4 Å². The molecular formula is C37H47N9O5. The fourth-order valence-corrected chi connectivity index (χ4v) is 5.92. The van der Waals surface area contributed by atoms with E-state index in [9.17, 15) is 19.2 Å². The van der Waals surface area contributed by atoms with Crippen LogP contribution in [0.2, 0.25) is 0 Å². The number of aryl methyl sites for hydroxylation is 2. The Balaban J connectivity index is 1.36. The van der Waals surface area contributed by atoms with E-state index in [0.717, 1.165) is 22.5 Å². The third-order valence-corrected chi connectivity index (χ3v) is 8.81. The molecule has 0 fully saturated rings. The van der Waals surface area contributed by atoms with Gasteiger partial charge >= 0.3 is 0 Å². The zero-order valence-electron chi connectivity index (χ0n) is 29.5. The zero-order valence-corrected chi connectivity index (χ0v) is 29.5. The van der Waals surface area contributed by atoms with Crippen LogP contribution < -0.4 is 20.7 Å². The highest BCUT2D eigenvalue weighted by Crippen LogP contribution is 2.15. The van der Waals surface area contributed by atoms with Gasteiger partial charge < -0.3 is 25.6 Å². The first-order valence-electron chi connectivity index (χ1n) is 17.4. The minimum atomic E-state index is -0.919. The van der Waals surface area contributed by atoms with E-state index in [4.69, 9.17) is 4.74 Å². The van der Waals surface area contributed by atoms with Gasteiger partial charge in [-0.1, -0.05) is 61.5 Å². The topological polar surface area (TPSA) is 165 Å². The van der Waals surface area contributed by atoms with E-state index in [2.05, 4.69) is 31.4 Å². The van der Waals surface area contributed by atoms with Crippen molar-refractivity contribution in [3.05, 3.63) is 95.6 Å². The summed E-state index contributed by atoms with van der Waals surface area (Å²) in [7, 11) is 1.84. The second kappa shape index (κ2) is 17.9. The van der Waals surface area contributed by atoms with Crippen LogP contribution in [0.15, 0.2) is 73.1 Å². The summed E-state index contributed by atoms with van der Waals surface area (Å²) < 4.78 is 9.40. The summed E-state index contributed by atoms with van der Waals surface area (Å²) in [5.74, 6) is -0.880. The largest absolute Gasteiger partial charge is 0.492 e. The van der Waals surface area contributed by atoms with Crippen LogP contribution in [0.1, 0.15) is 42.8 Å². The number of benzene rings is 2. The van der Waals surface area contributed by atoms with Crippen molar-refractivity contribution in [2.24, 2.45) is 13.0 Å². The number of amides is 4. The summed E-state index contributed by atoms with van der Waals surface area (Å²) in [6.07, 6.45) is 5.09. The molecule has 1 aliphatic heterocycles. The van der Waals surface area contributed by atoms with Crippen molar-refractivity contribution in [2.45, 2.75) is 64.6 Å². The van der Waals surface area contributed by atoms with Crippen molar-refractivity contribution in [1.82, 2.24) is 45.6 Å². The Bertz CT molecular complexity index is 1770. The molecule has 14 heteroatoms. The fraction of sp³-hybridized carbons (Fsp3) is 0.432. The van der Waals surface area contributed by atoms with Gasteiger partial charge in [-0.2, -0.15) is 5.10 Å². The Morgan fingerprint density at radius 2 is 1.80 bits per heavy atom. The zero-order chi connectivity index (χ0) is 36.2. The molecule has 51 heavy (non-hydrogen) atoms. The van der Waals surface area contributed by atoms with Crippen molar-refractivity contribution in [3.63, 3.8) is 0 Å². The molecular weight excluding hydrogens is 650 g/mol. The van der Waals surface area contributed by atoms with Crippen LogP contribution in [-0.4, -0.2) is 91.6 Å². The molecule has 0 saturated heterocycles. The van der Waals surface area contributed by atoms with Crippen LogP contribution in [0.4, 0.5) is 0 Å². The quantitative estimate of drug-likeness (QED) is 0.274. The third-order valence-electron chi connectivity index (χ3n) is 8.81. The predicted octanol–water partition coefficient (Wildman–Crippen LogP) is 1.64. The Kier molecular flexibility index (Phi) is 12.9. The maximum absolute atomic E-state index is 13.7. The van der Waals surface area contributed by atoms with Crippen LogP contribution in [-0.2, 0) is 58.5 Å². The van der Waals surface area contributed by atoms with Gasteiger partial charge in [0, 0.05) is 64.0 Å². The molecule has 1 aliphatic rings. The van der Waals surface area contributed by atoms with Gasteiger partial charge in [-0.15, -0.1) is 5.10 Å². The number of rotatable bonds is 6. The second-order valence-electron chi connectivity index (χ2n) is 13.1. The Labute approximate surface area is 297 Å². The van der Waals surface area contributed by atoms with Gasteiger partial charge in [0.25, 0.3) is 0 Å². The monoisotopic (exact) mass is 697 g/mol. The van der Waals surface area contributed by atoms with E-state index in [1.54, 1.807) is 26.5 Å². The molecule has 5 rings (SSSR count). The van der Waals surface area contributed by atoms with Crippen molar-refractivity contribution >= 4 is 23.6 Å². The summed E-state index contributed by atoms with van der Waals surface area (Å²) in [5, 5.41) is 21.4. The van der Waals surface area contributed by atoms with Crippen molar-refractivity contribution in [1.29, 1.82) is 0 Å². The molecule has 3 N–H and O–H groups in total. The Hall–Kier alpha value is -5.53. The van der Waals surface area contributed by atoms with Gasteiger partial charge in [0.05, 0.1) is 18.7 Å². The third kappa shape index (κ3) is 11.0. The van der Waals surface area contributed by atoms with Gasteiger partial charge in [0.15, 0.2) is 0 Å². The SMILES string of the molecule is CC(C)[C@H]1NC(=O)Cc2cccc(c2)OCCn2cc(nn2)CCN(C(=O)CCc2ccnn2C)CCNC(=O)[C@H](Cc2ccccc2)NC1=O. The first-order valence-corrected chi connectivity index (χ1v) is 17.4. The number of hydrogen-bond donors (Lipinski definition) is 3. The lowest BCUT2D eigenvalue weighted by molar-refractivity contribution is -0.133. The summed E-state index contributed by atoms with van der Waals surface area (Å²) in [5.41, 5.74) is 3.26. The van der Waals surface area contributed by atoms with Gasteiger partial charge in [-0.3, -0.25) is 23.9 Å². The first kappa shape index (κ1) is 36.7. The predicted molar refractivity (Wildman–Crippen MR) is 189 cm³/mol. The van der Waals surface area contributed by atoms with Crippen LogP contribution in [0, 0.1) is 5.92 Å². The average molecular weight is 698 g/mol. The molecule has 270 valence electrons. The van der Waals surface area contributed by atoms with Crippen LogP contribution in [0.5, 0.6) is 5.75 Å². The number of nitrogens with one attached hydrogen (secondary N) is 3. The molecule has 4 bridgehead atoms. The highest BCUT2D eigenvalue weighted by molar-refractivity contribution is 5.92. The summed E-state index contributed by atoms with van der Waals surface area (Å²) in [4.78, 5) is 55.8. The van der Waals surface area contributed by atoms with E-state index in [1.165, 1.54) is 0 Å². The first-order chi connectivity index (χ1) is 24.6. The number of aromatic nitrogens is 5. The Morgan fingerprint density at radius 3 is 2.57 bits per heavy atom. The van der Waals surface area contributed by atoms with Gasteiger partial charge in [-0.25, -0.2) is 4.68 Å². The fourth-order valence-electron chi connectivity index (χ4n) is 5.92. The summed E-state index contributed by atoms with van der Waals surface area (Å²) in [6, 6.07) is 16.8. The molecule has 0 spiro atoms. The van der Waals surface area contributed by atoms with Crippen LogP contribution in [0.3, 0.4) is 0 Å². The molecule has 4 aromatic rings. The molecule has 2 aromatic carbocycles. The molecule has 2 atom stereocenters. The molecule has 3 heterocycles. The maximum atomic E-state index is 13.7. The lowest BCUT2D eigenvalue weighted by atomic mass is 10.0. The molecule has 14 nitrogen and oxygen atoms in total. The van der Waals surface area contributed by atoms with E-state index in [-0.39, 0.29) is 56.0 Å². The van der Waals surface area contributed by atoms with E-state index in [1.807, 2.05) is 81.7 Å². The standard InChI is InChI=1S/C37H47N9O5/c1-26(2)35-37(50)40-32(23-27-8-5-4-6-9-27)36(49)38-17-19-45(34(48)13-12-30-14-16-39-44(30)3)18-15-29-25-46(43-42-29)20-21-51-31-11-7-10-28(22-31)24-33(47)41-35/h4-11,14,16,22,25-26,32,35H,12-13,15,17-21,23-24H2,1-3H3,(H,38,49)(H,40,50)(H,41,47)/t32-,35+/m0/s1. The van der Waals surface area contributed by atoms with Gasteiger partial charge in [-0.05, 0) is 41.7 Å². The number of hydrogen-bond acceptors (Lipinski definition) is 8. The van der Waals surface area contributed by atoms with E-state index < -0.39 is 18.0 Å². The van der Waals surface area contributed by atoms with E-state index >= 15 is 0 Å². The lowest BCUT2D eigenvalue weighted by Gasteiger charge is -2.26. The molecule has 2 aromatic heterocycles. The molecule has 0 saturated carbocycles. The number of nitrogens with zero attached hydrogens (tertiary/aromatic N) is 6. The van der Waals surface area contributed by atoms with E-state index in [0.29, 0.717) is 38.3 Å². The lowest BCUT2D eigenvalue weighted by Crippen LogP contribution is -2.56. The maximum Gasteiger partial charge on any atom is 0.243 e. The number of ether oxygens (including phenoxy) is 1. The van der Waals surface area contributed by atoms with Crippen LogP contribution in [0.25, 0.3) is 0 Å². The minimum absolute atomic E-state index is 0.0470. The van der Waals surface area contributed by atoms with Crippen molar-refractivity contribution in [2.75, 3.05) is 26.2 Å². The molecule has 0 unspecified atom stereocenters. The number of carbonyl (C=O) groups is 4. The average Bonchev–Trinajstić information content (AvgIpc) is 3.75. The Morgan fingerprint density at radius 1 is 0.980 bits per heavy atom. The number of carbonyl (C=O) groups excluding carboxylic acids is 4. The highest BCUT2D eigenvalue weighted by atomic mass is 16.5. The summed E-state index contributed by atoms with van der Waals surface area (Å²) in [6.45, 7) is 5.27.